The first-order chi connectivity index (χ1) is 10.4. The van der Waals surface area contributed by atoms with E-state index in [1.165, 1.54) is 12.1 Å². The Morgan fingerprint density at radius 3 is 2.41 bits per heavy atom. The van der Waals surface area contributed by atoms with Gasteiger partial charge in [0.1, 0.15) is 0 Å². The molecule has 1 aromatic carbocycles. The van der Waals surface area contributed by atoms with Crippen LogP contribution >= 0.6 is 11.3 Å². The summed E-state index contributed by atoms with van der Waals surface area (Å²) in [5.74, 6) is -0.963. The van der Waals surface area contributed by atoms with Gasteiger partial charge in [-0.25, -0.2) is 9.59 Å². The predicted molar refractivity (Wildman–Crippen MR) is 86.1 cm³/mol. The Balaban J connectivity index is 1.89. The van der Waals surface area contributed by atoms with Gasteiger partial charge in [0.2, 0.25) is 0 Å². The zero-order chi connectivity index (χ0) is 16.2. The summed E-state index contributed by atoms with van der Waals surface area (Å²) in [7, 11) is 0. The van der Waals surface area contributed by atoms with Crippen LogP contribution in [0.15, 0.2) is 41.8 Å². The number of aromatic carboxylic acids is 1. The summed E-state index contributed by atoms with van der Waals surface area (Å²) in [5, 5.41) is 16.5. The first kappa shape index (κ1) is 16.0. The zero-order valence-corrected chi connectivity index (χ0v) is 13.2. The van der Waals surface area contributed by atoms with Crippen molar-refractivity contribution in [1.82, 2.24) is 10.6 Å². The number of carbonyl (C=O) groups is 2. The van der Waals surface area contributed by atoms with E-state index in [4.69, 9.17) is 5.11 Å². The first-order valence-electron chi connectivity index (χ1n) is 6.81. The summed E-state index contributed by atoms with van der Waals surface area (Å²) >= 11 is 1.59. The van der Waals surface area contributed by atoms with Crippen molar-refractivity contribution in [2.45, 2.75) is 25.9 Å². The lowest BCUT2D eigenvalue weighted by Gasteiger charge is -2.25. The number of urea groups is 1. The number of hydrogen-bond donors (Lipinski definition) is 3. The molecule has 1 heterocycles. The SMILES string of the molecule is CC(C)(NC(=O)NCc1ccc(C(=O)O)cc1)c1cccs1. The van der Waals surface area contributed by atoms with E-state index >= 15 is 0 Å². The molecule has 1 aromatic heterocycles. The molecule has 116 valence electrons. The highest BCUT2D eigenvalue weighted by atomic mass is 32.1. The molecule has 3 N–H and O–H groups in total. The van der Waals surface area contributed by atoms with E-state index in [1.54, 1.807) is 23.5 Å². The molecule has 2 amide bonds. The minimum absolute atomic E-state index is 0.229. The zero-order valence-electron chi connectivity index (χ0n) is 12.4. The number of amides is 2. The quantitative estimate of drug-likeness (QED) is 0.792. The Bertz CT molecular complexity index is 649. The van der Waals surface area contributed by atoms with Crippen molar-refractivity contribution < 1.29 is 14.7 Å². The van der Waals surface area contributed by atoms with Gasteiger partial charge in [-0.3, -0.25) is 0 Å². The largest absolute Gasteiger partial charge is 0.478 e. The lowest BCUT2D eigenvalue weighted by Crippen LogP contribution is -2.45. The second-order valence-electron chi connectivity index (χ2n) is 5.41. The number of carbonyl (C=O) groups excluding carboxylic acids is 1. The van der Waals surface area contributed by atoms with E-state index in [1.807, 2.05) is 31.4 Å². The highest BCUT2D eigenvalue weighted by Gasteiger charge is 2.23. The van der Waals surface area contributed by atoms with Crippen LogP contribution in [-0.2, 0) is 12.1 Å². The molecular weight excluding hydrogens is 300 g/mol. The van der Waals surface area contributed by atoms with Crippen molar-refractivity contribution in [3.8, 4) is 0 Å². The fraction of sp³-hybridized carbons (Fsp3) is 0.250. The van der Waals surface area contributed by atoms with Gasteiger partial charge >= 0.3 is 12.0 Å². The summed E-state index contributed by atoms with van der Waals surface area (Å²) in [5.41, 5.74) is 0.631. The Kier molecular flexibility index (Phi) is 4.82. The first-order valence-corrected chi connectivity index (χ1v) is 7.69. The highest BCUT2D eigenvalue weighted by Crippen LogP contribution is 2.24. The molecule has 0 aliphatic rings. The molecule has 0 fully saturated rings. The van der Waals surface area contributed by atoms with Gasteiger partial charge in [0.25, 0.3) is 0 Å². The normalized spacial score (nSPS) is 11.0. The number of carboxylic acid groups (broad SMARTS) is 1. The monoisotopic (exact) mass is 318 g/mol. The van der Waals surface area contributed by atoms with Crippen molar-refractivity contribution in [3.63, 3.8) is 0 Å². The second kappa shape index (κ2) is 6.62. The number of nitrogens with one attached hydrogen (secondary N) is 2. The maximum Gasteiger partial charge on any atom is 0.335 e. The van der Waals surface area contributed by atoms with Crippen LogP contribution in [0.5, 0.6) is 0 Å². The average molecular weight is 318 g/mol. The molecule has 0 aliphatic heterocycles. The lowest BCUT2D eigenvalue weighted by atomic mass is 10.0. The molecule has 0 saturated heterocycles. The maximum absolute atomic E-state index is 12.0. The molecule has 6 heteroatoms. The van der Waals surface area contributed by atoms with Crippen LogP contribution in [-0.4, -0.2) is 17.1 Å². The fourth-order valence-corrected chi connectivity index (χ4v) is 2.78. The molecule has 2 rings (SSSR count). The van der Waals surface area contributed by atoms with Crippen LogP contribution in [0.3, 0.4) is 0 Å². The Morgan fingerprint density at radius 1 is 1.18 bits per heavy atom. The second-order valence-corrected chi connectivity index (χ2v) is 6.36. The molecule has 5 nitrogen and oxygen atoms in total. The maximum atomic E-state index is 12.0. The summed E-state index contributed by atoms with van der Waals surface area (Å²) in [6, 6.07) is 10.1. The molecule has 0 spiro atoms. The average Bonchev–Trinajstić information content (AvgIpc) is 3.00. The van der Waals surface area contributed by atoms with E-state index in [0.29, 0.717) is 6.54 Å². The standard InChI is InChI=1S/C16H18N2O3S/c1-16(2,13-4-3-9-22-13)18-15(21)17-10-11-5-7-12(8-6-11)14(19)20/h3-9H,10H2,1-2H3,(H,19,20)(H2,17,18,21). The van der Waals surface area contributed by atoms with E-state index < -0.39 is 11.5 Å². The van der Waals surface area contributed by atoms with Gasteiger partial charge in [0, 0.05) is 11.4 Å². The lowest BCUT2D eigenvalue weighted by molar-refractivity contribution is 0.0697. The van der Waals surface area contributed by atoms with Crippen LogP contribution < -0.4 is 10.6 Å². The van der Waals surface area contributed by atoms with Crippen molar-refractivity contribution in [1.29, 1.82) is 0 Å². The van der Waals surface area contributed by atoms with E-state index in [9.17, 15) is 9.59 Å². The third-order valence-electron chi connectivity index (χ3n) is 3.22. The number of carboxylic acids is 1. The number of thiophene rings is 1. The Morgan fingerprint density at radius 2 is 1.86 bits per heavy atom. The van der Waals surface area contributed by atoms with E-state index in [-0.39, 0.29) is 11.6 Å². The summed E-state index contributed by atoms with van der Waals surface area (Å²) in [6.07, 6.45) is 0. The van der Waals surface area contributed by atoms with E-state index in [2.05, 4.69) is 10.6 Å². The topological polar surface area (TPSA) is 78.4 Å². The third kappa shape index (κ3) is 4.08. The minimum Gasteiger partial charge on any atom is -0.478 e. The summed E-state index contributed by atoms with van der Waals surface area (Å²) < 4.78 is 0. The van der Waals surface area contributed by atoms with Gasteiger partial charge in [-0.2, -0.15) is 0 Å². The van der Waals surface area contributed by atoms with Gasteiger partial charge < -0.3 is 15.7 Å². The van der Waals surface area contributed by atoms with Crippen LogP contribution in [0.1, 0.15) is 34.6 Å². The number of hydrogen-bond acceptors (Lipinski definition) is 3. The fourth-order valence-electron chi connectivity index (χ4n) is 1.97. The molecular formula is C16H18N2O3S. The van der Waals surface area contributed by atoms with Gasteiger partial charge in [-0.05, 0) is 43.0 Å². The number of rotatable bonds is 5. The highest BCUT2D eigenvalue weighted by molar-refractivity contribution is 7.10. The Hall–Kier alpha value is -2.34. The molecule has 0 radical (unpaired) electrons. The molecule has 0 saturated carbocycles. The smallest absolute Gasteiger partial charge is 0.335 e. The number of benzene rings is 1. The van der Waals surface area contributed by atoms with Crippen LogP contribution in [0.25, 0.3) is 0 Å². The van der Waals surface area contributed by atoms with Crippen molar-refractivity contribution in [2.24, 2.45) is 0 Å². The Labute approximate surface area is 133 Å². The van der Waals surface area contributed by atoms with Crippen LogP contribution in [0.2, 0.25) is 0 Å². The van der Waals surface area contributed by atoms with Crippen LogP contribution in [0.4, 0.5) is 4.79 Å². The van der Waals surface area contributed by atoms with Gasteiger partial charge in [0.15, 0.2) is 0 Å². The summed E-state index contributed by atoms with van der Waals surface area (Å²) in [4.78, 5) is 23.8. The van der Waals surface area contributed by atoms with Crippen molar-refractivity contribution in [2.75, 3.05) is 0 Å². The predicted octanol–water partition coefficient (Wildman–Crippen LogP) is 3.18. The van der Waals surface area contributed by atoms with E-state index in [0.717, 1.165) is 10.4 Å². The van der Waals surface area contributed by atoms with Gasteiger partial charge in [-0.1, -0.05) is 18.2 Å². The third-order valence-corrected chi connectivity index (χ3v) is 4.41. The van der Waals surface area contributed by atoms with Crippen LogP contribution in [0, 0.1) is 0 Å². The molecule has 0 unspecified atom stereocenters. The van der Waals surface area contributed by atoms with Gasteiger partial charge in [0.05, 0.1) is 11.1 Å². The van der Waals surface area contributed by atoms with Crippen molar-refractivity contribution in [3.05, 3.63) is 57.8 Å². The minimum atomic E-state index is -0.963. The summed E-state index contributed by atoms with van der Waals surface area (Å²) in [6.45, 7) is 4.23. The van der Waals surface area contributed by atoms with Crippen molar-refractivity contribution >= 4 is 23.3 Å². The molecule has 0 aliphatic carbocycles. The molecule has 22 heavy (non-hydrogen) atoms. The molecule has 0 atom stereocenters. The molecule has 2 aromatic rings. The molecule has 0 bridgehead atoms. The van der Waals surface area contributed by atoms with Gasteiger partial charge in [-0.15, -0.1) is 11.3 Å².